The molecule has 1 aromatic carbocycles. The van der Waals surface area contributed by atoms with Crippen LogP contribution in [0.5, 0.6) is 0 Å². The molecule has 9 nitrogen and oxygen atoms in total. The number of halogens is 1. The van der Waals surface area contributed by atoms with Crippen LogP contribution in [0.1, 0.15) is 10.5 Å². The van der Waals surface area contributed by atoms with Crippen molar-refractivity contribution < 1.29 is 9.18 Å². The van der Waals surface area contributed by atoms with Crippen LogP contribution in [0.2, 0.25) is 0 Å². The number of para-hydroxylation sites is 1. The molecule has 0 radical (unpaired) electrons. The van der Waals surface area contributed by atoms with Crippen molar-refractivity contribution in [1.82, 2.24) is 30.3 Å². The number of rotatable bonds is 4. The Labute approximate surface area is 154 Å². The molecule has 3 aromatic rings. The van der Waals surface area contributed by atoms with Gasteiger partial charge in [0.2, 0.25) is 5.95 Å². The van der Waals surface area contributed by atoms with Crippen molar-refractivity contribution >= 4 is 23.4 Å². The highest BCUT2D eigenvalue weighted by atomic mass is 19.1. The van der Waals surface area contributed by atoms with Crippen LogP contribution < -0.4 is 10.2 Å². The number of anilines is 3. The van der Waals surface area contributed by atoms with Crippen molar-refractivity contribution in [1.29, 1.82) is 0 Å². The van der Waals surface area contributed by atoms with Gasteiger partial charge in [0, 0.05) is 38.6 Å². The number of piperazine rings is 1. The van der Waals surface area contributed by atoms with Crippen molar-refractivity contribution in [2.24, 2.45) is 0 Å². The first-order valence-electron chi connectivity index (χ1n) is 8.46. The second kappa shape index (κ2) is 7.36. The Hall–Kier alpha value is -3.56. The first kappa shape index (κ1) is 16.9. The molecule has 0 atom stereocenters. The molecule has 0 bridgehead atoms. The van der Waals surface area contributed by atoms with Gasteiger partial charge in [-0.15, -0.1) is 10.2 Å². The van der Waals surface area contributed by atoms with Gasteiger partial charge in [-0.05, 0) is 18.2 Å². The fourth-order valence-electron chi connectivity index (χ4n) is 2.87. The molecule has 1 aliphatic rings. The van der Waals surface area contributed by atoms with Gasteiger partial charge < -0.3 is 15.1 Å². The lowest BCUT2D eigenvalue weighted by Gasteiger charge is -2.34. The molecule has 2 N–H and O–H groups in total. The first-order valence-corrected chi connectivity index (χ1v) is 8.46. The quantitative estimate of drug-likeness (QED) is 0.718. The van der Waals surface area contributed by atoms with Crippen LogP contribution in [0.3, 0.4) is 0 Å². The Bertz CT molecular complexity index is 923. The zero-order valence-corrected chi connectivity index (χ0v) is 14.3. The third-order valence-electron chi connectivity index (χ3n) is 4.28. The van der Waals surface area contributed by atoms with Gasteiger partial charge in [0.05, 0.1) is 5.69 Å². The van der Waals surface area contributed by atoms with Crippen LogP contribution >= 0.6 is 0 Å². The monoisotopic (exact) mass is 368 g/mol. The van der Waals surface area contributed by atoms with Gasteiger partial charge in [-0.25, -0.2) is 14.4 Å². The lowest BCUT2D eigenvalue weighted by Crippen LogP contribution is -2.49. The van der Waals surface area contributed by atoms with E-state index in [4.69, 9.17) is 0 Å². The highest BCUT2D eigenvalue weighted by Crippen LogP contribution is 2.21. The molecule has 0 saturated carbocycles. The molecule has 27 heavy (non-hydrogen) atoms. The van der Waals surface area contributed by atoms with E-state index in [0.29, 0.717) is 32.1 Å². The molecule has 2 aromatic heterocycles. The molecule has 0 unspecified atom stereocenters. The van der Waals surface area contributed by atoms with E-state index in [1.807, 2.05) is 4.90 Å². The number of hydrogen-bond donors (Lipinski definition) is 2. The highest BCUT2D eigenvalue weighted by Gasteiger charge is 2.27. The van der Waals surface area contributed by atoms with Crippen LogP contribution in [-0.4, -0.2) is 62.4 Å². The van der Waals surface area contributed by atoms with Crippen LogP contribution in [0.25, 0.3) is 0 Å². The van der Waals surface area contributed by atoms with Crippen molar-refractivity contribution in [2.45, 2.75) is 0 Å². The molecular weight excluding hydrogens is 351 g/mol. The number of aromatic amines is 1. The smallest absolute Gasteiger partial charge is 0.278 e. The molecule has 0 spiro atoms. The van der Waals surface area contributed by atoms with Gasteiger partial charge in [0.15, 0.2) is 11.5 Å². The van der Waals surface area contributed by atoms with Crippen molar-refractivity contribution in [2.75, 3.05) is 36.4 Å². The van der Waals surface area contributed by atoms with E-state index in [0.717, 1.165) is 0 Å². The number of nitrogens with zero attached hydrogens (tertiary/aromatic N) is 6. The van der Waals surface area contributed by atoms with Gasteiger partial charge >= 0.3 is 0 Å². The Morgan fingerprint density at radius 1 is 1.04 bits per heavy atom. The second-order valence-corrected chi connectivity index (χ2v) is 5.95. The normalized spacial score (nSPS) is 14.3. The minimum atomic E-state index is -0.435. The minimum Gasteiger partial charge on any atom is -0.337 e. The molecule has 1 saturated heterocycles. The lowest BCUT2D eigenvalue weighted by atomic mass is 10.2. The standard InChI is InChI=1S/C17H17FN8O/c18-12-4-1-2-5-13(12)21-15-14(22-24-23-15)16(27)25-8-10-26(11-9-25)17-19-6-3-7-20-17/h1-7H,8-11H2,(H2,21,22,23,24). The summed E-state index contributed by atoms with van der Waals surface area (Å²) in [6, 6.07) is 7.94. The maximum Gasteiger partial charge on any atom is 0.278 e. The fraction of sp³-hybridized carbons (Fsp3) is 0.235. The van der Waals surface area contributed by atoms with Gasteiger partial charge in [0.25, 0.3) is 5.91 Å². The summed E-state index contributed by atoms with van der Waals surface area (Å²) in [5.74, 6) is 0.137. The Morgan fingerprint density at radius 3 is 2.52 bits per heavy atom. The number of H-pyrrole nitrogens is 1. The van der Waals surface area contributed by atoms with Gasteiger partial charge in [-0.1, -0.05) is 12.1 Å². The third kappa shape index (κ3) is 3.54. The Kier molecular flexibility index (Phi) is 4.60. The number of benzene rings is 1. The summed E-state index contributed by atoms with van der Waals surface area (Å²) < 4.78 is 13.8. The van der Waals surface area contributed by atoms with E-state index in [9.17, 15) is 9.18 Å². The van der Waals surface area contributed by atoms with E-state index in [1.54, 1.807) is 41.6 Å². The van der Waals surface area contributed by atoms with Crippen molar-refractivity contribution in [3.05, 3.63) is 54.2 Å². The number of amides is 1. The number of aromatic nitrogens is 5. The van der Waals surface area contributed by atoms with Gasteiger partial charge in [-0.3, -0.25) is 4.79 Å². The molecule has 10 heteroatoms. The highest BCUT2D eigenvalue weighted by molar-refractivity contribution is 5.97. The zero-order chi connectivity index (χ0) is 18.6. The summed E-state index contributed by atoms with van der Waals surface area (Å²) >= 11 is 0. The molecule has 1 fully saturated rings. The largest absolute Gasteiger partial charge is 0.337 e. The summed E-state index contributed by atoms with van der Waals surface area (Å²) in [5.41, 5.74) is 0.356. The van der Waals surface area contributed by atoms with Crippen LogP contribution in [0.4, 0.5) is 21.8 Å². The fourth-order valence-corrected chi connectivity index (χ4v) is 2.87. The van der Waals surface area contributed by atoms with E-state index in [2.05, 4.69) is 30.7 Å². The number of carbonyl (C=O) groups excluding carboxylic acids is 1. The summed E-state index contributed by atoms with van der Waals surface area (Å²) in [6.45, 7) is 2.24. The van der Waals surface area contributed by atoms with Crippen molar-refractivity contribution in [3.8, 4) is 0 Å². The van der Waals surface area contributed by atoms with Crippen LogP contribution in [-0.2, 0) is 0 Å². The average Bonchev–Trinajstić information content (AvgIpc) is 3.18. The van der Waals surface area contributed by atoms with Gasteiger partial charge in [0.1, 0.15) is 5.82 Å². The summed E-state index contributed by atoms with van der Waals surface area (Å²) in [7, 11) is 0. The maximum absolute atomic E-state index is 13.8. The predicted molar refractivity (Wildman–Crippen MR) is 96.2 cm³/mol. The summed E-state index contributed by atoms with van der Waals surface area (Å²) in [4.78, 5) is 25.0. The number of carbonyl (C=O) groups is 1. The van der Waals surface area contributed by atoms with Crippen LogP contribution in [0, 0.1) is 5.82 Å². The first-order chi connectivity index (χ1) is 13.2. The maximum atomic E-state index is 13.8. The van der Waals surface area contributed by atoms with Gasteiger partial charge in [-0.2, -0.15) is 5.21 Å². The lowest BCUT2D eigenvalue weighted by molar-refractivity contribution is 0.0741. The van der Waals surface area contributed by atoms with Crippen LogP contribution in [0.15, 0.2) is 42.7 Å². The topological polar surface area (TPSA) is 103 Å². The SMILES string of the molecule is O=C(c1n[nH]nc1Nc1ccccc1F)N1CCN(c2ncccn2)CC1. The molecule has 1 aliphatic heterocycles. The Balaban J connectivity index is 1.44. The summed E-state index contributed by atoms with van der Waals surface area (Å²) in [5, 5.41) is 13.1. The van der Waals surface area contributed by atoms with E-state index >= 15 is 0 Å². The molecule has 138 valence electrons. The molecule has 3 heterocycles. The molecule has 0 aliphatic carbocycles. The second-order valence-electron chi connectivity index (χ2n) is 5.95. The summed E-state index contributed by atoms with van der Waals surface area (Å²) in [6.07, 6.45) is 3.38. The molecular formula is C17H17FN8O. The number of nitrogens with one attached hydrogen (secondary N) is 2. The molecule has 1 amide bonds. The Morgan fingerprint density at radius 2 is 1.78 bits per heavy atom. The predicted octanol–water partition coefficient (Wildman–Crippen LogP) is 1.44. The van der Waals surface area contributed by atoms with Crippen molar-refractivity contribution in [3.63, 3.8) is 0 Å². The zero-order valence-electron chi connectivity index (χ0n) is 14.3. The van der Waals surface area contributed by atoms with E-state index in [1.165, 1.54) is 6.07 Å². The molecule has 4 rings (SSSR count). The number of hydrogen-bond acceptors (Lipinski definition) is 7. The minimum absolute atomic E-state index is 0.127. The average molecular weight is 368 g/mol. The van der Waals surface area contributed by atoms with E-state index in [-0.39, 0.29) is 23.1 Å². The third-order valence-corrected chi connectivity index (χ3v) is 4.28. The van der Waals surface area contributed by atoms with E-state index < -0.39 is 5.82 Å².